The Balaban J connectivity index is 2.56. The standard InChI is InChI=1S/C15H20ClNO4/c1-15(2,3)21-13(18)9-17-12(14(19)20)8-10-4-6-11(16)7-5-10/h4-7,12,17H,8-9H2,1-3H3,(H,19,20)/t12-/m0/s1. The van der Waals surface area contributed by atoms with Crippen molar-refractivity contribution in [3.8, 4) is 0 Å². The fourth-order valence-corrected chi connectivity index (χ4v) is 1.81. The van der Waals surface area contributed by atoms with Gasteiger partial charge in [0.1, 0.15) is 11.6 Å². The first-order chi connectivity index (χ1) is 9.67. The molecule has 0 aliphatic carbocycles. The minimum atomic E-state index is -1.02. The van der Waals surface area contributed by atoms with Crippen LogP contribution in [0.15, 0.2) is 24.3 Å². The molecule has 0 unspecified atom stereocenters. The van der Waals surface area contributed by atoms with Gasteiger partial charge in [0.25, 0.3) is 0 Å². The van der Waals surface area contributed by atoms with Crippen LogP contribution in [0.25, 0.3) is 0 Å². The minimum Gasteiger partial charge on any atom is -0.480 e. The fourth-order valence-electron chi connectivity index (χ4n) is 1.69. The second-order valence-electron chi connectivity index (χ2n) is 5.69. The minimum absolute atomic E-state index is 0.151. The lowest BCUT2D eigenvalue weighted by molar-refractivity contribution is -0.154. The lowest BCUT2D eigenvalue weighted by atomic mass is 10.1. The molecule has 1 aromatic rings. The number of halogens is 1. The molecule has 2 N–H and O–H groups in total. The van der Waals surface area contributed by atoms with Gasteiger partial charge in [-0.2, -0.15) is 0 Å². The number of carbonyl (C=O) groups is 2. The van der Waals surface area contributed by atoms with Gasteiger partial charge in [-0.15, -0.1) is 0 Å². The molecule has 1 atom stereocenters. The van der Waals surface area contributed by atoms with Crippen LogP contribution in [0.5, 0.6) is 0 Å². The van der Waals surface area contributed by atoms with Gasteiger partial charge in [0.2, 0.25) is 0 Å². The lowest BCUT2D eigenvalue weighted by Gasteiger charge is -2.21. The summed E-state index contributed by atoms with van der Waals surface area (Å²) in [5.41, 5.74) is 0.233. The van der Waals surface area contributed by atoms with E-state index in [1.807, 2.05) is 0 Å². The van der Waals surface area contributed by atoms with Crippen LogP contribution in [0, 0.1) is 0 Å². The first-order valence-electron chi connectivity index (χ1n) is 6.60. The molecule has 0 aliphatic rings. The Bertz CT molecular complexity index is 493. The molecule has 0 heterocycles. The molecule has 1 rings (SSSR count). The van der Waals surface area contributed by atoms with E-state index in [1.165, 1.54) is 0 Å². The van der Waals surface area contributed by atoms with Gasteiger partial charge >= 0.3 is 11.9 Å². The van der Waals surface area contributed by atoms with Crippen molar-refractivity contribution in [2.75, 3.05) is 6.54 Å². The number of carboxylic acids is 1. The van der Waals surface area contributed by atoms with Crippen molar-refractivity contribution < 1.29 is 19.4 Å². The Morgan fingerprint density at radius 3 is 2.33 bits per heavy atom. The molecular formula is C15H20ClNO4. The van der Waals surface area contributed by atoms with Crippen LogP contribution in [-0.4, -0.2) is 35.2 Å². The lowest BCUT2D eigenvalue weighted by Crippen LogP contribution is -2.42. The van der Waals surface area contributed by atoms with Crippen molar-refractivity contribution in [1.29, 1.82) is 0 Å². The number of carbonyl (C=O) groups excluding carboxylic acids is 1. The third kappa shape index (κ3) is 7.11. The van der Waals surface area contributed by atoms with Crippen LogP contribution in [0.3, 0.4) is 0 Å². The quantitative estimate of drug-likeness (QED) is 0.788. The van der Waals surface area contributed by atoms with Crippen molar-refractivity contribution in [3.63, 3.8) is 0 Å². The van der Waals surface area contributed by atoms with Gasteiger partial charge in [-0.3, -0.25) is 14.9 Å². The van der Waals surface area contributed by atoms with E-state index >= 15 is 0 Å². The highest BCUT2D eigenvalue weighted by molar-refractivity contribution is 6.30. The number of esters is 1. The third-order valence-electron chi connectivity index (χ3n) is 2.56. The first kappa shape index (κ1) is 17.5. The van der Waals surface area contributed by atoms with Crippen LogP contribution < -0.4 is 5.32 Å². The molecule has 0 bridgehead atoms. The second kappa shape index (κ2) is 7.43. The number of hydrogen-bond donors (Lipinski definition) is 2. The molecule has 0 fully saturated rings. The van der Waals surface area contributed by atoms with E-state index in [0.29, 0.717) is 5.02 Å². The van der Waals surface area contributed by atoms with Crippen molar-refractivity contribution in [3.05, 3.63) is 34.9 Å². The first-order valence-corrected chi connectivity index (χ1v) is 6.97. The summed E-state index contributed by atoms with van der Waals surface area (Å²) >= 11 is 5.78. The van der Waals surface area contributed by atoms with E-state index in [9.17, 15) is 14.7 Å². The summed E-state index contributed by atoms with van der Waals surface area (Å²) in [5, 5.41) is 12.5. The fraction of sp³-hybridized carbons (Fsp3) is 0.467. The number of ether oxygens (including phenoxy) is 1. The molecule has 0 amide bonds. The molecule has 5 nitrogen and oxygen atoms in total. The largest absolute Gasteiger partial charge is 0.480 e. The van der Waals surface area contributed by atoms with Crippen LogP contribution in [0.1, 0.15) is 26.3 Å². The van der Waals surface area contributed by atoms with Crippen molar-refractivity contribution in [2.24, 2.45) is 0 Å². The summed E-state index contributed by atoms with van der Waals surface area (Å²) in [6.45, 7) is 5.12. The molecule has 0 saturated carbocycles. The smallest absolute Gasteiger partial charge is 0.321 e. The normalized spacial score (nSPS) is 12.8. The molecule has 1 aromatic carbocycles. The van der Waals surface area contributed by atoms with Crippen molar-refractivity contribution in [1.82, 2.24) is 5.32 Å². The van der Waals surface area contributed by atoms with Crippen LogP contribution in [0.2, 0.25) is 5.02 Å². The second-order valence-corrected chi connectivity index (χ2v) is 6.13. The summed E-state index contributed by atoms with van der Waals surface area (Å²) in [5.74, 6) is -1.50. The molecule has 0 radical (unpaired) electrons. The van der Waals surface area contributed by atoms with E-state index < -0.39 is 23.6 Å². The zero-order chi connectivity index (χ0) is 16.0. The topological polar surface area (TPSA) is 75.6 Å². The average Bonchev–Trinajstić information content (AvgIpc) is 2.34. The Kier molecular flexibility index (Phi) is 6.18. The van der Waals surface area contributed by atoms with E-state index in [4.69, 9.17) is 16.3 Å². The molecule has 0 saturated heterocycles. The summed E-state index contributed by atoms with van der Waals surface area (Å²) in [6, 6.07) is 6.05. The van der Waals surface area contributed by atoms with Gasteiger partial charge in [0.15, 0.2) is 0 Å². The van der Waals surface area contributed by atoms with Gasteiger partial charge < -0.3 is 9.84 Å². The number of rotatable bonds is 6. The molecule has 0 aliphatic heterocycles. The summed E-state index contributed by atoms with van der Waals surface area (Å²) in [7, 11) is 0. The summed E-state index contributed by atoms with van der Waals surface area (Å²) in [6.07, 6.45) is 0.259. The highest BCUT2D eigenvalue weighted by atomic mass is 35.5. The van der Waals surface area contributed by atoms with Crippen LogP contribution in [-0.2, 0) is 20.7 Å². The molecule has 21 heavy (non-hydrogen) atoms. The van der Waals surface area contributed by atoms with Gasteiger partial charge in [-0.1, -0.05) is 23.7 Å². The Morgan fingerprint density at radius 2 is 1.86 bits per heavy atom. The van der Waals surface area contributed by atoms with E-state index in [2.05, 4.69) is 5.32 Å². The van der Waals surface area contributed by atoms with Crippen molar-refractivity contribution >= 4 is 23.5 Å². The molecule has 116 valence electrons. The maximum absolute atomic E-state index is 11.6. The van der Waals surface area contributed by atoms with Gasteiger partial charge in [0, 0.05) is 5.02 Å². The predicted octanol–water partition coefficient (Wildman–Crippen LogP) is 2.27. The predicted molar refractivity (Wildman–Crippen MR) is 80.4 cm³/mol. The maximum atomic E-state index is 11.6. The highest BCUT2D eigenvalue weighted by Crippen LogP contribution is 2.11. The molecular weight excluding hydrogens is 294 g/mol. The Morgan fingerprint density at radius 1 is 1.29 bits per heavy atom. The van der Waals surface area contributed by atoms with E-state index in [1.54, 1.807) is 45.0 Å². The molecule has 0 spiro atoms. The number of carboxylic acid groups (broad SMARTS) is 1. The zero-order valence-corrected chi connectivity index (χ0v) is 13.1. The third-order valence-corrected chi connectivity index (χ3v) is 2.82. The summed E-state index contributed by atoms with van der Waals surface area (Å²) in [4.78, 5) is 22.8. The monoisotopic (exact) mass is 313 g/mol. The van der Waals surface area contributed by atoms with Crippen LogP contribution >= 0.6 is 11.6 Å². The van der Waals surface area contributed by atoms with Crippen molar-refractivity contribution in [2.45, 2.75) is 38.8 Å². The SMILES string of the molecule is CC(C)(C)OC(=O)CN[C@@H](Cc1ccc(Cl)cc1)C(=O)O. The van der Waals surface area contributed by atoms with E-state index in [-0.39, 0.29) is 13.0 Å². The zero-order valence-electron chi connectivity index (χ0n) is 12.4. The molecule has 0 aromatic heterocycles. The van der Waals surface area contributed by atoms with Gasteiger partial charge in [0.05, 0.1) is 6.54 Å². The van der Waals surface area contributed by atoms with Crippen LogP contribution in [0.4, 0.5) is 0 Å². The van der Waals surface area contributed by atoms with Gasteiger partial charge in [-0.05, 0) is 44.9 Å². The maximum Gasteiger partial charge on any atom is 0.321 e. The van der Waals surface area contributed by atoms with E-state index in [0.717, 1.165) is 5.56 Å². The number of nitrogens with one attached hydrogen (secondary N) is 1. The number of benzene rings is 1. The number of aliphatic carboxylic acids is 1. The Labute approximate surface area is 129 Å². The Hall–Kier alpha value is -1.59. The molecule has 6 heteroatoms. The average molecular weight is 314 g/mol. The highest BCUT2D eigenvalue weighted by Gasteiger charge is 2.21. The number of hydrogen-bond acceptors (Lipinski definition) is 4. The van der Waals surface area contributed by atoms with Gasteiger partial charge in [-0.25, -0.2) is 0 Å². The summed E-state index contributed by atoms with van der Waals surface area (Å²) < 4.78 is 5.12.